The number of nitrogens with zero attached hydrogens (tertiary/aromatic N) is 5. The van der Waals surface area contributed by atoms with Crippen molar-refractivity contribution < 1.29 is 4.79 Å². The summed E-state index contributed by atoms with van der Waals surface area (Å²) in [5.41, 5.74) is 4.63. The van der Waals surface area contributed by atoms with E-state index in [4.69, 9.17) is 5.10 Å². The molecule has 5 aromatic rings. The summed E-state index contributed by atoms with van der Waals surface area (Å²) in [5.74, 6) is 0.507. The molecule has 0 unspecified atom stereocenters. The van der Waals surface area contributed by atoms with Gasteiger partial charge in [0.1, 0.15) is 5.69 Å². The van der Waals surface area contributed by atoms with E-state index in [1.54, 1.807) is 10.7 Å². The Labute approximate surface area is 178 Å². The maximum absolute atomic E-state index is 12.4. The third kappa shape index (κ3) is 4.02. The first-order valence-electron chi connectivity index (χ1n) is 9.84. The third-order valence-electron chi connectivity index (χ3n) is 4.81. The smallest absolute Gasteiger partial charge is 0.228 e. The van der Waals surface area contributed by atoms with Gasteiger partial charge in [0.05, 0.1) is 12.1 Å². The van der Waals surface area contributed by atoms with E-state index >= 15 is 0 Å². The van der Waals surface area contributed by atoms with Crippen LogP contribution in [-0.2, 0) is 11.2 Å². The van der Waals surface area contributed by atoms with Crippen LogP contribution in [0.4, 0.5) is 5.69 Å². The highest BCUT2D eigenvalue weighted by molar-refractivity contribution is 5.92. The van der Waals surface area contributed by atoms with Crippen LogP contribution in [0.15, 0.2) is 91.1 Å². The molecule has 150 valence electrons. The van der Waals surface area contributed by atoms with Crippen molar-refractivity contribution in [3.8, 4) is 22.8 Å². The summed E-state index contributed by atoms with van der Waals surface area (Å²) >= 11 is 0. The van der Waals surface area contributed by atoms with Gasteiger partial charge in [-0.25, -0.2) is 0 Å². The Morgan fingerprint density at radius 3 is 2.55 bits per heavy atom. The Balaban J connectivity index is 1.42. The fourth-order valence-electron chi connectivity index (χ4n) is 3.34. The minimum atomic E-state index is -0.0667. The molecule has 31 heavy (non-hydrogen) atoms. The van der Waals surface area contributed by atoms with Crippen molar-refractivity contribution in [3.05, 3.63) is 96.7 Å². The Hall–Kier alpha value is -4.39. The van der Waals surface area contributed by atoms with Crippen LogP contribution in [0.25, 0.3) is 28.4 Å². The predicted molar refractivity (Wildman–Crippen MR) is 118 cm³/mol. The van der Waals surface area contributed by atoms with E-state index < -0.39 is 0 Å². The number of hydrogen-bond donors (Lipinski definition) is 1. The van der Waals surface area contributed by atoms with Gasteiger partial charge in [0, 0.05) is 17.4 Å². The van der Waals surface area contributed by atoms with Gasteiger partial charge in [-0.3, -0.25) is 9.78 Å². The lowest BCUT2D eigenvalue weighted by atomic mass is 10.1. The van der Waals surface area contributed by atoms with Gasteiger partial charge in [0.2, 0.25) is 11.7 Å². The lowest BCUT2D eigenvalue weighted by Gasteiger charge is -2.08. The SMILES string of the molecule is O=C(Cc1ccccc1)Nc1cccc(-c2ccc3nnc(-c4ccccn4)n3n2)c1. The number of amides is 1. The molecule has 0 fully saturated rings. The molecular formula is C24H18N6O. The van der Waals surface area contributed by atoms with Crippen molar-refractivity contribution in [2.45, 2.75) is 6.42 Å². The minimum Gasteiger partial charge on any atom is -0.326 e. The normalized spacial score (nSPS) is 10.8. The number of carbonyl (C=O) groups is 1. The zero-order valence-corrected chi connectivity index (χ0v) is 16.5. The molecule has 3 aromatic heterocycles. The molecule has 7 heteroatoms. The number of carbonyl (C=O) groups excluding carboxylic acids is 1. The quantitative estimate of drug-likeness (QED) is 0.476. The molecule has 3 heterocycles. The Kier molecular flexibility index (Phi) is 4.90. The monoisotopic (exact) mass is 406 g/mol. The summed E-state index contributed by atoms with van der Waals surface area (Å²) in [7, 11) is 0. The van der Waals surface area contributed by atoms with Gasteiger partial charge in [-0.15, -0.1) is 10.2 Å². The molecule has 0 aliphatic heterocycles. The predicted octanol–water partition coefficient (Wildman–Crippen LogP) is 4.03. The highest BCUT2D eigenvalue weighted by atomic mass is 16.1. The van der Waals surface area contributed by atoms with Gasteiger partial charge in [0.15, 0.2) is 5.65 Å². The molecule has 0 aliphatic rings. The third-order valence-corrected chi connectivity index (χ3v) is 4.81. The van der Waals surface area contributed by atoms with E-state index in [1.165, 1.54) is 0 Å². The summed E-state index contributed by atoms with van der Waals surface area (Å²) in [5, 5.41) is 16.1. The first-order valence-corrected chi connectivity index (χ1v) is 9.84. The highest BCUT2D eigenvalue weighted by Gasteiger charge is 2.12. The number of nitrogens with one attached hydrogen (secondary N) is 1. The first kappa shape index (κ1) is 18.6. The Bertz CT molecular complexity index is 1350. The zero-order chi connectivity index (χ0) is 21.0. The molecule has 1 N–H and O–H groups in total. The second kappa shape index (κ2) is 8.16. The van der Waals surface area contributed by atoms with Crippen molar-refractivity contribution in [1.29, 1.82) is 0 Å². The van der Waals surface area contributed by atoms with E-state index in [9.17, 15) is 4.79 Å². The van der Waals surface area contributed by atoms with Crippen LogP contribution < -0.4 is 5.32 Å². The lowest BCUT2D eigenvalue weighted by Crippen LogP contribution is -2.14. The first-order chi connectivity index (χ1) is 15.3. The van der Waals surface area contributed by atoms with Crippen LogP contribution in [0, 0.1) is 0 Å². The van der Waals surface area contributed by atoms with E-state index in [-0.39, 0.29) is 5.91 Å². The number of benzene rings is 2. The van der Waals surface area contributed by atoms with Gasteiger partial charge < -0.3 is 5.32 Å². The standard InChI is InChI=1S/C24H18N6O/c31-23(15-17-7-2-1-3-8-17)26-19-10-6-9-18(16-19)20-12-13-22-27-28-24(30(22)29-20)21-11-4-5-14-25-21/h1-14,16H,15H2,(H,26,31). The van der Waals surface area contributed by atoms with Crippen molar-refractivity contribution >= 4 is 17.2 Å². The molecule has 7 nitrogen and oxygen atoms in total. The summed E-state index contributed by atoms with van der Waals surface area (Å²) in [6.45, 7) is 0. The Morgan fingerprint density at radius 2 is 1.71 bits per heavy atom. The van der Waals surface area contributed by atoms with Crippen LogP contribution in [0.3, 0.4) is 0 Å². The molecule has 0 atom stereocenters. The van der Waals surface area contributed by atoms with Crippen molar-refractivity contribution in [2.75, 3.05) is 5.32 Å². The molecule has 0 radical (unpaired) electrons. The van der Waals surface area contributed by atoms with Crippen LogP contribution >= 0.6 is 0 Å². The van der Waals surface area contributed by atoms with Gasteiger partial charge in [0.25, 0.3) is 0 Å². The van der Waals surface area contributed by atoms with Crippen molar-refractivity contribution in [2.24, 2.45) is 0 Å². The summed E-state index contributed by atoms with van der Waals surface area (Å²) in [6.07, 6.45) is 2.03. The number of pyridine rings is 1. The van der Waals surface area contributed by atoms with E-state index in [2.05, 4.69) is 20.5 Å². The number of anilines is 1. The lowest BCUT2D eigenvalue weighted by molar-refractivity contribution is -0.115. The van der Waals surface area contributed by atoms with Crippen LogP contribution in [0.1, 0.15) is 5.56 Å². The molecule has 0 bridgehead atoms. The second-order valence-electron chi connectivity index (χ2n) is 7.02. The topological polar surface area (TPSA) is 85.1 Å². The number of fused-ring (bicyclic) bond motifs is 1. The molecule has 2 aromatic carbocycles. The average Bonchev–Trinajstić information content (AvgIpc) is 3.24. The molecule has 0 aliphatic carbocycles. The van der Waals surface area contributed by atoms with Crippen molar-refractivity contribution in [3.63, 3.8) is 0 Å². The summed E-state index contributed by atoms with van der Waals surface area (Å²) in [4.78, 5) is 16.8. The van der Waals surface area contributed by atoms with Gasteiger partial charge in [-0.1, -0.05) is 48.5 Å². The second-order valence-corrected chi connectivity index (χ2v) is 7.02. The fraction of sp³-hybridized carbons (Fsp3) is 0.0417. The molecule has 5 rings (SSSR count). The highest BCUT2D eigenvalue weighted by Crippen LogP contribution is 2.23. The summed E-state index contributed by atoms with van der Waals surface area (Å²) < 4.78 is 1.68. The van der Waals surface area contributed by atoms with Gasteiger partial charge in [-0.05, 0) is 42.0 Å². The molecule has 0 saturated carbocycles. The maximum atomic E-state index is 12.4. The van der Waals surface area contributed by atoms with Crippen molar-refractivity contribution in [1.82, 2.24) is 24.8 Å². The van der Waals surface area contributed by atoms with Gasteiger partial charge in [-0.2, -0.15) is 9.61 Å². The van der Waals surface area contributed by atoms with E-state index in [0.29, 0.717) is 29.3 Å². The zero-order valence-electron chi connectivity index (χ0n) is 16.5. The average molecular weight is 406 g/mol. The van der Waals surface area contributed by atoms with E-state index in [1.807, 2.05) is 84.9 Å². The van der Waals surface area contributed by atoms with Crippen LogP contribution in [-0.4, -0.2) is 30.7 Å². The number of hydrogen-bond acceptors (Lipinski definition) is 5. The van der Waals surface area contributed by atoms with Crippen LogP contribution in [0.2, 0.25) is 0 Å². The van der Waals surface area contributed by atoms with Crippen LogP contribution in [0.5, 0.6) is 0 Å². The molecule has 1 amide bonds. The fourth-order valence-corrected chi connectivity index (χ4v) is 3.34. The van der Waals surface area contributed by atoms with E-state index in [0.717, 1.165) is 16.8 Å². The molecule has 0 spiro atoms. The molecule has 0 saturated heterocycles. The summed E-state index contributed by atoms with van der Waals surface area (Å²) in [6, 6.07) is 26.6. The number of rotatable bonds is 5. The number of aromatic nitrogens is 5. The minimum absolute atomic E-state index is 0.0667. The van der Waals surface area contributed by atoms with Gasteiger partial charge >= 0.3 is 0 Å². The maximum Gasteiger partial charge on any atom is 0.228 e. The largest absolute Gasteiger partial charge is 0.326 e. The Morgan fingerprint density at radius 1 is 0.839 bits per heavy atom. The molecular weight excluding hydrogens is 388 g/mol.